The molecule has 0 saturated heterocycles. The Morgan fingerprint density at radius 3 is 2.68 bits per heavy atom. The Kier molecular flexibility index (Phi) is 3.85. The summed E-state index contributed by atoms with van der Waals surface area (Å²) in [5.41, 5.74) is 11.1. The molecule has 0 saturated carbocycles. The van der Waals surface area contributed by atoms with Crippen molar-refractivity contribution in [1.29, 1.82) is 0 Å². The first-order chi connectivity index (χ1) is 8.99. The van der Waals surface area contributed by atoms with Gasteiger partial charge in [0.05, 0.1) is 6.20 Å². The van der Waals surface area contributed by atoms with Crippen LogP contribution in [0.1, 0.15) is 22.4 Å². The molecular weight excluding hydrogens is 256 g/mol. The topological polar surface area (TPSA) is 55.9 Å². The molecule has 100 valence electrons. The quantitative estimate of drug-likeness (QED) is 0.840. The highest BCUT2D eigenvalue weighted by Gasteiger charge is 2.05. The minimum Gasteiger partial charge on any atom is -0.389 e. The van der Waals surface area contributed by atoms with E-state index in [-0.39, 0.29) is 0 Å². The Morgan fingerprint density at radius 2 is 2.16 bits per heavy atom. The third-order valence-electron chi connectivity index (χ3n) is 3.31. The molecule has 19 heavy (non-hydrogen) atoms. The first kappa shape index (κ1) is 13.5. The Labute approximate surface area is 118 Å². The van der Waals surface area contributed by atoms with Crippen LogP contribution in [0.4, 0.5) is 5.69 Å². The van der Waals surface area contributed by atoms with Gasteiger partial charge in [-0.1, -0.05) is 12.2 Å². The number of hydrogen-bond acceptors (Lipinski definition) is 3. The third kappa shape index (κ3) is 2.93. The van der Waals surface area contributed by atoms with Gasteiger partial charge in [0.1, 0.15) is 4.99 Å². The van der Waals surface area contributed by atoms with Gasteiger partial charge in [0.2, 0.25) is 0 Å². The second kappa shape index (κ2) is 5.40. The number of nitrogens with two attached hydrogens (primary N) is 1. The summed E-state index contributed by atoms with van der Waals surface area (Å²) in [4.78, 5) is 0.437. The molecule has 1 aromatic carbocycles. The standard InChI is InChI=1S/C14H18N4S/c1-9-6-12(4-5-13(9)14(15)19)16-7-11-8-17-18(3)10(11)2/h4-6,8,16H,7H2,1-3H3,(H2,15,19). The zero-order valence-corrected chi connectivity index (χ0v) is 12.2. The minimum absolute atomic E-state index is 0.437. The van der Waals surface area contributed by atoms with E-state index in [4.69, 9.17) is 18.0 Å². The monoisotopic (exact) mass is 274 g/mol. The molecule has 0 amide bonds. The van der Waals surface area contributed by atoms with Crippen LogP contribution in [0.15, 0.2) is 24.4 Å². The van der Waals surface area contributed by atoms with Gasteiger partial charge in [-0.05, 0) is 37.6 Å². The molecule has 3 N–H and O–H groups in total. The summed E-state index contributed by atoms with van der Waals surface area (Å²) in [6.45, 7) is 4.83. The van der Waals surface area contributed by atoms with Crippen molar-refractivity contribution in [2.24, 2.45) is 12.8 Å². The first-order valence-corrected chi connectivity index (χ1v) is 6.51. The average Bonchev–Trinajstić information content (AvgIpc) is 2.67. The van der Waals surface area contributed by atoms with Crippen molar-refractivity contribution < 1.29 is 0 Å². The Morgan fingerprint density at radius 1 is 1.42 bits per heavy atom. The summed E-state index contributed by atoms with van der Waals surface area (Å²) in [5, 5.41) is 7.61. The molecule has 0 aliphatic carbocycles. The predicted octanol–water partition coefficient (Wildman–Crippen LogP) is 2.28. The number of anilines is 1. The van der Waals surface area contributed by atoms with Crippen LogP contribution in [0.3, 0.4) is 0 Å². The first-order valence-electron chi connectivity index (χ1n) is 6.11. The van der Waals surface area contributed by atoms with Crippen molar-refractivity contribution in [3.63, 3.8) is 0 Å². The molecule has 1 aromatic heterocycles. The molecule has 5 heteroatoms. The highest BCUT2D eigenvalue weighted by Crippen LogP contribution is 2.16. The van der Waals surface area contributed by atoms with Gasteiger partial charge in [0, 0.05) is 36.1 Å². The van der Waals surface area contributed by atoms with E-state index in [1.54, 1.807) is 0 Å². The zero-order chi connectivity index (χ0) is 14.0. The van der Waals surface area contributed by atoms with Crippen LogP contribution in [0.5, 0.6) is 0 Å². The lowest BCUT2D eigenvalue weighted by Crippen LogP contribution is -2.11. The fraction of sp³-hybridized carbons (Fsp3) is 0.286. The smallest absolute Gasteiger partial charge is 0.104 e. The predicted molar refractivity (Wildman–Crippen MR) is 82.3 cm³/mol. The molecule has 2 aromatic rings. The summed E-state index contributed by atoms with van der Waals surface area (Å²) in [6.07, 6.45) is 1.89. The molecule has 0 atom stereocenters. The summed E-state index contributed by atoms with van der Waals surface area (Å²) < 4.78 is 1.87. The van der Waals surface area contributed by atoms with Gasteiger partial charge < -0.3 is 11.1 Å². The normalized spacial score (nSPS) is 10.5. The Balaban J connectivity index is 2.10. The van der Waals surface area contributed by atoms with Crippen LogP contribution in [-0.2, 0) is 13.6 Å². The van der Waals surface area contributed by atoms with Crippen LogP contribution >= 0.6 is 12.2 Å². The lowest BCUT2D eigenvalue weighted by Gasteiger charge is -2.09. The van der Waals surface area contributed by atoms with Crippen LogP contribution in [-0.4, -0.2) is 14.8 Å². The Bertz CT molecular complexity index is 616. The SMILES string of the molecule is Cc1cc(NCc2cnn(C)c2C)ccc1C(N)=S. The molecule has 0 unspecified atom stereocenters. The lowest BCUT2D eigenvalue weighted by atomic mass is 10.1. The molecule has 2 rings (SSSR count). The molecule has 0 fully saturated rings. The van der Waals surface area contributed by atoms with Gasteiger partial charge in [0.25, 0.3) is 0 Å². The largest absolute Gasteiger partial charge is 0.389 e. The number of aromatic nitrogens is 2. The van der Waals surface area contributed by atoms with Crippen molar-refractivity contribution in [2.75, 3.05) is 5.32 Å². The van der Waals surface area contributed by atoms with E-state index in [0.717, 1.165) is 23.4 Å². The summed E-state index contributed by atoms with van der Waals surface area (Å²) in [6, 6.07) is 6.00. The third-order valence-corrected chi connectivity index (χ3v) is 3.53. The maximum atomic E-state index is 5.65. The lowest BCUT2D eigenvalue weighted by molar-refractivity contribution is 0.738. The molecule has 4 nitrogen and oxygen atoms in total. The van der Waals surface area contributed by atoms with E-state index < -0.39 is 0 Å². The Hall–Kier alpha value is -1.88. The van der Waals surface area contributed by atoms with Gasteiger partial charge in [-0.3, -0.25) is 4.68 Å². The number of rotatable bonds is 4. The zero-order valence-electron chi connectivity index (χ0n) is 11.4. The van der Waals surface area contributed by atoms with Gasteiger partial charge in [-0.2, -0.15) is 5.10 Å². The summed E-state index contributed by atoms with van der Waals surface area (Å²) >= 11 is 5.00. The van der Waals surface area contributed by atoms with Crippen molar-refractivity contribution in [3.8, 4) is 0 Å². The van der Waals surface area contributed by atoms with Gasteiger partial charge in [-0.25, -0.2) is 0 Å². The van der Waals surface area contributed by atoms with Gasteiger partial charge >= 0.3 is 0 Å². The number of thiocarbonyl (C=S) groups is 1. The molecule has 0 aliphatic heterocycles. The van der Waals surface area contributed by atoms with Crippen molar-refractivity contribution in [1.82, 2.24) is 9.78 Å². The summed E-state index contributed by atoms with van der Waals surface area (Å²) in [5.74, 6) is 0. The van der Waals surface area contributed by atoms with Crippen LogP contribution in [0.25, 0.3) is 0 Å². The number of benzene rings is 1. The number of nitrogens with one attached hydrogen (secondary N) is 1. The molecule has 0 aliphatic rings. The minimum atomic E-state index is 0.437. The fourth-order valence-corrected chi connectivity index (χ4v) is 2.19. The van der Waals surface area contributed by atoms with Crippen molar-refractivity contribution in [2.45, 2.75) is 20.4 Å². The van der Waals surface area contributed by atoms with Crippen LogP contribution in [0, 0.1) is 13.8 Å². The molecule has 0 bridgehead atoms. The van der Waals surface area contributed by atoms with E-state index in [2.05, 4.69) is 23.4 Å². The second-order valence-corrected chi connectivity index (χ2v) is 5.07. The number of aryl methyl sites for hydroxylation is 2. The van der Waals surface area contributed by atoms with E-state index >= 15 is 0 Å². The summed E-state index contributed by atoms with van der Waals surface area (Å²) in [7, 11) is 1.94. The fourth-order valence-electron chi connectivity index (χ4n) is 1.97. The molecule has 0 spiro atoms. The van der Waals surface area contributed by atoms with E-state index in [9.17, 15) is 0 Å². The van der Waals surface area contributed by atoms with E-state index in [0.29, 0.717) is 4.99 Å². The van der Waals surface area contributed by atoms with Gasteiger partial charge in [-0.15, -0.1) is 0 Å². The van der Waals surface area contributed by atoms with E-state index in [1.165, 1.54) is 11.3 Å². The average molecular weight is 274 g/mol. The highest BCUT2D eigenvalue weighted by molar-refractivity contribution is 7.80. The maximum absolute atomic E-state index is 5.65. The van der Waals surface area contributed by atoms with E-state index in [1.807, 2.05) is 37.0 Å². The highest BCUT2D eigenvalue weighted by atomic mass is 32.1. The molecule has 1 heterocycles. The van der Waals surface area contributed by atoms with Crippen LogP contribution < -0.4 is 11.1 Å². The number of hydrogen-bond donors (Lipinski definition) is 2. The van der Waals surface area contributed by atoms with Crippen molar-refractivity contribution in [3.05, 3.63) is 46.8 Å². The second-order valence-electron chi connectivity index (χ2n) is 4.63. The molecular formula is C14H18N4S. The van der Waals surface area contributed by atoms with Crippen LogP contribution in [0.2, 0.25) is 0 Å². The number of nitrogens with zero attached hydrogens (tertiary/aromatic N) is 2. The molecule has 0 radical (unpaired) electrons. The maximum Gasteiger partial charge on any atom is 0.104 e. The van der Waals surface area contributed by atoms with Gasteiger partial charge in [0.15, 0.2) is 0 Å². The van der Waals surface area contributed by atoms with Crippen molar-refractivity contribution >= 4 is 22.9 Å².